The van der Waals surface area contributed by atoms with Crippen molar-refractivity contribution in [2.24, 2.45) is 7.05 Å². The number of aryl methyl sites for hydroxylation is 1. The second-order valence-corrected chi connectivity index (χ2v) is 7.69. The van der Waals surface area contributed by atoms with Gasteiger partial charge in [-0.2, -0.15) is 0 Å². The van der Waals surface area contributed by atoms with Crippen molar-refractivity contribution in [3.63, 3.8) is 0 Å². The number of thiazole rings is 1. The van der Waals surface area contributed by atoms with Crippen molar-refractivity contribution in [2.45, 2.75) is 12.1 Å². The average molecular weight is 424 g/mol. The van der Waals surface area contributed by atoms with Gasteiger partial charge in [-0.1, -0.05) is 39.8 Å². The minimum absolute atomic E-state index is 0.114. The fourth-order valence-corrected chi connectivity index (χ4v) is 3.64. The summed E-state index contributed by atoms with van der Waals surface area (Å²) in [6.07, 6.45) is 0. The van der Waals surface area contributed by atoms with Gasteiger partial charge < -0.3 is 9.88 Å². The van der Waals surface area contributed by atoms with E-state index in [2.05, 4.69) is 36.4 Å². The normalized spacial score (nSPS) is 10.8. The maximum atomic E-state index is 12.1. The zero-order valence-corrected chi connectivity index (χ0v) is 16.2. The van der Waals surface area contributed by atoms with Crippen LogP contribution >= 0.6 is 39.0 Å². The summed E-state index contributed by atoms with van der Waals surface area (Å²) < 4.78 is 2.87. The van der Waals surface area contributed by atoms with E-state index in [9.17, 15) is 4.79 Å². The van der Waals surface area contributed by atoms with Gasteiger partial charge in [0.25, 0.3) is 0 Å². The Morgan fingerprint density at radius 3 is 2.75 bits per heavy atom. The molecule has 1 amide bonds. The molecule has 3 aromatic rings. The van der Waals surface area contributed by atoms with E-state index in [1.54, 1.807) is 0 Å². The van der Waals surface area contributed by atoms with E-state index >= 15 is 0 Å². The molecule has 0 spiro atoms. The lowest BCUT2D eigenvalue weighted by atomic mass is 10.2. The highest BCUT2D eigenvalue weighted by Gasteiger charge is 2.11. The minimum atomic E-state index is -0.114. The van der Waals surface area contributed by atoms with E-state index in [0.29, 0.717) is 5.13 Å². The van der Waals surface area contributed by atoms with E-state index in [4.69, 9.17) is 0 Å². The van der Waals surface area contributed by atoms with Crippen molar-refractivity contribution in [3.8, 4) is 11.3 Å². The van der Waals surface area contributed by atoms with Gasteiger partial charge in [-0.25, -0.2) is 4.98 Å². The Hall–Kier alpha value is -1.71. The molecule has 0 aliphatic rings. The first-order valence-corrected chi connectivity index (χ1v) is 9.69. The molecule has 0 fully saturated rings. The van der Waals surface area contributed by atoms with Crippen LogP contribution in [0.5, 0.6) is 0 Å². The Labute approximate surface area is 155 Å². The van der Waals surface area contributed by atoms with Crippen LogP contribution in [0.4, 0.5) is 5.13 Å². The van der Waals surface area contributed by atoms with Crippen LogP contribution in [0.1, 0.15) is 5.82 Å². The van der Waals surface area contributed by atoms with Crippen molar-refractivity contribution < 1.29 is 4.79 Å². The molecule has 0 bridgehead atoms. The summed E-state index contributed by atoms with van der Waals surface area (Å²) in [5.41, 5.74) is 1.86. The first kappa shape index (κ1) is 17.1. The molecule has 0 atom stereocenters. The molecule has 1 aromatic carbocycles. The average Bonchev–Trinajstić information content (AvgIpc) is 3.15. The van der Waals surface area contributed by atoms with Gasteiger partial charge in [0.05, 0.1) is 11.4 Å². The minimum Gasteiger partial charge on any atom is -0.309 e. The largest absolute Gasteiger partial charge is 0.309 e. The van der Waals surface area contributed by atoms with Crippen LogP contribution < -0.4 is 5.32 Å². The number of hydrogen-bond acceptors (Lipinski definition) is 6. The number of carbonyl (C=O) groups excluding carboxylic acids is 1. The van der Waals surface area contributed by atoms with Crippen molar-refractivity contribution in [1.29, 1.82) is 0 Å². The van der Waals surface area contributed by atoms with Gasteiger partial charge in [-0.05, 0) is 19.1 Å². The third kappa shape index (κ3) is 4.03. The molecule has 1 N–H and O–H groups in total. The Morgan fingerprint density at radius 2 is 2.08 bits per heavy atom. The number of nitrogens with zero attached hydrogens (tertiary/aromatic N) is 4. The summed E-state index contributed by atoms with van der Waals surface area (Å²) in [6.45, 7) is 1.87. The van der Waals surface area contributed by atoms with E-state index < -0.39 is 0 Å². The number of aromatic nitrogens is 4. The SMILES string of the molecule is Cc1nnc(SCC(=O)Nc2nc(-c3ccc(Br)cc3)cs2)n1C. The fraction of sp³-hybridized carbons (Fsp3) is 0.200. The molecule has 2 heterocycles. The zero-order valence-electron chi connectivity index (χ0n) is 13.0. The number of amides is 1. The van der Waals surface area contributed by atoms with E-state index in [1.807, 2.05) is 48.2 Å². The predicted molar refractivity (Wildman–Crippen MR) is 100 cm³/mol. The number of nitrogens with one attached hydrogen (secondary N) is 1. The second-order valence-electron chi connectivity index (χ2n) is 4.97. The Morgan fingerprint density at radius 1 is 1.33 bits per heavy atom. The van der Waals surface area contributed by atoms with Gasteiger partial charge in [0.2, 0.25) is 5.91 Å². The van der Waals surface area contributed by atoms with Gasteiger partial charge in [0, 0.05) is 22.5 Å². The van der Waals surface area contributed by atoms with Crippen molar-refractivity contribution >= 4 is 50.1 Å². The standard InChI is InChI=1S/C15H14BrN5OS2/c1-9-19-20-15(21(9)2)24-8-13(22)18-14-17-12(7-23-14)10-3-5-11(16)6-4-10/h3-7H,8H2,1-2H3,(H,17,18,22). The maximum Gasteiger partial charge on any atom is 0.236 e. The number of halogens is 1. The zero-order chi connectivity index (χ0) is 17.1. The lowest BCUT2D eigenvalue weighted by Crippen LogP contribution is -2.14. The number of benzene rings is 1. The predicted octanol–water partition coefficient (Wildman–Crippen LogP) is 3.74. The molecule has 6 nitrogen and oxygen atoms in total. The summed E-state index contributed by atoms with van der Waals surface area (Å²) in [7, 11) is 1.88. The van der Waals surface area contributed by atoms with Gasteiger partial charge in [-0.15, -0.1) is 21.5 Å². The van der Waals surface area contributed by atoms with Crippen LogP contribution in [0.25, 0.3) is 11.3 Å². The molecule has 0 radical (unpaired) electrons. The maximum absolute atomic E-state index is 12.1. The third-order valence-electron chi connectivity index (χ3n) is 3.28. The van der Waals surface area contributed by atoms with Crippen molar-refractivity contribution in [1.82, 2.24) is 19.7 Å². The smallest absolute Gasteiger partial charge is 0.236 e. The molecule has 24 heavy (non-hydrogen) atoms. The number of carbonyl (C=O) groups is 1. The van der Waals surface area contributed by atoms with Crippen LogP contribution in [-0.2, 0) is 11.8 Å². The number of rotatable bonds is 5. The van der Waals surface area contributed by atoms with Crippen LogP contribution in [0.15, 0.2) is 39.3 Å². The van der Waals surface area contributed by atoms with Crippen LogP contribution in [0.3, 0.4) is 0 Å². The van der Waals surface area contributed by atoms with E-state index in [0.717, 1.165) is 26.7 Å². The molecular weight excluding hydrogens is 410 g/mol. The molecule has 124 valence electrons. The first-order chi connectivity index (χ1) is 11.5. The number of hydrogen-bond donors (Lipinski definition) is 1. The molecular formula is C15H14BrN5OS2. The van der Waals surface area contributed by atoms with Crippen LogP contribution in [-0.4, -0.2) is 31.4 Å². The lowest BCUT2D eigenvalue weighted by Gasteiger charge is -2.02. The van der Waals surface area contributed by atoms with Crippen LogP contribution in [0.2, 0.25) is 0 Å². The molecule has 0 saturated carbocycles. The molecule has 9 heteroatoms. The highest BCUT2D eigenvalue weighted by molar-refractivity contribution is 9.10. The Bertz CT molecular complexity index is 859. The summed E-state index contributed by atoms with van der Waals surface area (Å²) in [5, 5.41) is 14.1. The summed E-state index contributed by atoms with van der Waals surface area (Å²) in [6, 6.07) is 7.90. The molecule has 0 saturated heterocycles. The monoisotopic (exact) mass is 423 g/mol. The third-order valence-corrected chi connectivity index (χ3v) is 5.58. The number of anilines is 1. The highest BCUT2D eigenvalue weighted by atomic mass is 79.9. The summed E-state index contributed by atoms with van der Waals surface area (Å²) >= 11 is 6.17. The molecule has 0 unspecified atom stereocenters. The summed E-state index contributed by atoms with van der Waals surface area (Å²) in [4.78, 5) is 16.5. The molecule has 0 aliphatic heterocycles. The van der Waals surface area contributed by atoms with Gasteiger partial charge >= 0.3 is 0 Å². The Kier molecular flexibility index (Phi) is 5.32. The van der Waals surface area contributed by atoms with Gasteiger partial charge in [-0.3, -0.25) is 4.79 Å². The van der Waals surface area contributed by atoms with Crippen molar-refractivity contribution in [2.75, 3.05) is 11.1 Å². The lowest BCUT2D eigenvalue weighted by molar-refractivity contribution is -0.113. The Balaban J connectivity index is 1.59. The first-order valence-electron chi connectivity index (χ1n) is 7.03. The van der Waals surface area contributed by atoms with Gasteiger partial charge in [0.15, 0.2) is 10.3 Å². The van der Waals surface area contributed by atoms with E-state index in [1.165, 1.54) is 23.1 Å². The van der Waals surface area contributed by atoms with E-state index in [-0.39, 0.29) is 11.7 Å². The fourth-order valence-electron chi connectivity index (χ4n) is 1.88. The topological polar surface area (TPSA) is 72.7 Å². The highest BCUT2D eigenvalue weighted by Crippen LogP contribution is 2.26. The quantitative estimate of drug-likeness (QED) is 0.632. The van der Waals surface area contributed by atoms with Gasteiger partial charge in [0.1, 0.15) is 5.82 Å². The van der Waals surface area contributed by atoms with Crippen molar-refractivity contribution in [3.05, 3.63) is 39.9 Å². The second kappa shape index (κ2) is 7.45. The van der Waals surface area contributed by atoms with Crippen LogP contribution in [0, 0.1) is 6.92 Å². The summed E-state index contributed by atoms with van der Waals surface area (Å²) in [5.74, 6) is 0.966. The number of thioether (sulfide) groups is 1. The molecule has 2 aromatic heterocycles. The molecule has 0 aliphatic carbocycles. The molecule has 3 rings (SSSR count).